The summed E-state index contributed by atoms with van der Waals surface area (Å²) in [4.78, 5) is 22.8. The Labute approximate surface area is 209 Å². The van der Waals surface area contributed by atoms with Gasteiger partial charge in [0.05, 0.1) is 30.4 Å². The molecule has 1 amide bonds. The second-order valence-corrected chi connectivity index (χ2v) is 8.40. The number of carbonyl (C=O) groups excluding carboxylic acids is 1. The highest BCUT2D eigenvalue weighted by atomic mass is 16.5. The van der Waals surface area contributed by atoms with Crippen molar-refractivity contribution in [3.8, 4) is 5.88 Å². The number of nitrogens with zero attached hydrogens (tertiary/aromatic N) is 5. The van der Waals surface area contributed by atoms with Gasteiger partial charge in [-0.2, -0.15) is 10.1 Å². The molecule has 8 heteroatoms. The van der Waals surface area contributed by atoms with Crippen molar-refractivity contribution in [3.63, 3.8) is 0 Å². The molecule has 0 fully saturated rings. The summed E-state index contributed by atoms with van der Waals surface area (Å²) in [6, 6.07) is 22.4. The van der Waals surface area contributed by atoms with Crippen LogP contribution in [-0.2, 0) is 13.1 Å². The fourth-order valence-corrected chi connectivity index (χ4v) is 4.50. The van der Waals surface area contributed by atoms with Gasteiger partial charge in [0, 0.05) is 19.3 Å². The minimum absolute atomic E-state index is 0.0929. The first kappa shape index (κ1) is 23.3. The maximum Gasteiger partial charge on any atom is 0.261 e. The van der Waals surface area contributed by atoms with E-state index < -0.39 is 0 Å². The molecule has 0 spiro atoms. The summed E-state index contributed by atoms with van der Waals surface area (Å²) in [5.41, 5.74) is 4.53. The molecule has 0 aliphatic rings. The van der Waals surface area contributed by atoms with Crippen molar-refractivity contribution in [3.05, 3.63) is 102 Å². The Hall–Kier alpha value is -4.46. The molecular formula is C28H28N6O2. The molecule has 5 aromatic rings. The lowest BCUT2D eigenvalue weighted by Gasteiger charge is -2.19. The van der Waals surface area contributed by atoms with E-state index in [9.17, 15) is 4.79 Å². The molecule has 2 aromatic carbocycles. The number of methoxy groups -OCH3 is 1. The average Bonchev–Trinajstić information content (AvgIpc) is 3.52. The lowest BCUT2D eigenvalue weighted by Crippen LogP contribution is -2.14. The van der Waals surface area contributed by atoms with Crippen LogP contribution in [0, 0.1) is 0 Å². The van der Waals surface area contributed by atoms with Gasteiger partial charge in [-0.1, -0.05) is 60.7 Å². The van der Waals surface area contributed by atoms with E-state index in [1.54, 1.807) is 17.1 Å². The number of ether oxygens (including phenoxy) is 1. The standard InChI is InChI=1S/C28H28N6O2/c1-4-33-18-21(17-29-33)30-27(35)22-16-23-25(32-28(22)36-3)31-26(34(23)5-2)24(19-12-8-6-9-13-19)20-14-10-7-11-15-20/h6-18,24H,4-5H2,1-3H3,(H,30,35). The summed E-state index contributed by atoms with van der Waals surface area (Å²) in [6.45, 7) is 5.44. The maximum atomic E-state index is 13.2. The van der Waals surface area contributed by atoms with Gasteiger partial charge < -0.3 is 14.6 Å². The van der Waals surface area contributed by atoms with Crippen molar-refractivity contribution in [1.29, 1.82) is 0 Å². The van der Waals surface area contributed by atoms with E-state index in [1.165, 1.54) is 7.11 Å². The minimum Gasteiger partial charge on any atom is -0.480 e. The monoisotopic (exact) mass is 480 g/mol. The molecule has 0 aliphatic carbocycles. The van der Waals surface area contributed by atoms with Crippen LogP contribution in [0.15, 0.2) is 79.1 Å². The smallest absolute Gasteiger partial charge is 0.261 e. The zero-order valence-electron chi connectivity index (χ0n) is 20.5. The highest BCUT2D eigenvalue weighted by Gasteiger charge is 2.26. The van der Waals surface area contributed by atoms with Gasteiger partial charge in [-0.15, -0.1) is 0 Å². The molecule has 0 unspecified atom stereocenters. The zero-order chi connectivity index (χ0) is 25.1. The van der Waals surface area contributed by atoms with Crippen LogP contribution in [0.3, 0.4) is 0 Å². The Bertz CT molecular complexity index is 1450. The fourth-order valence-electron chi connectivity index (χ4n) is 4.50. The number of anilines is 1. The Morgan fingerprint density at radius 2 is 1.64 bits per heavy atom. The first-order chi connectivity index (χ1) is 17.6. The number of hydrogen-bond acceptors (Lipinski definition) is 5. The van der Waals surface area contributed by atoms with E-state index in [2.05, 4.69) is 51.2 Å². The summed E-state index contributed by atoms with van der Waals surface area (Å²) in [6.07, 6.45) is 3.41. The number of aryl methyl sites for hydroxylation is 2. The predicted octanol–water partition coefficient (Wildman–Crippen LogP) is 5.11. The molecule has 0 radical (unpaired) electrons. The number of amides is 1. The van der Waals surface area contributed by atoms with Crippen LogP contribution >= 0.6 is 0 Å². The largest absolute Gasteiger partial charge is 0.480 e. The Balaban J connectivity index is 1.63. The van der Waals surface area contributed by atoms with Crippen molar-refractivity contribution in [1.82, 2.24) is 24.3 Å². The number of pyridine rings is 1. The third kappa shape index (κ3) is 4.33. The maximum absolute atomic E-state index is 13.2. The first-order valence-electron chi connectivity index (χ1n) is 12.0. The highest BCUT2D eigenvalue weighted by Crippen LogP contribution is 2.34. The fraction of sp³-hybridized carbons (Fsp3) is 0.214. The van der Waals surface area contributed by atoms with Gasteiger partial charge in [-0.05, 0) is 31.0 Å². The van der Waals surface area contributed by atoms with Gasteiger partial charge >= 0.3 is 0 Å². The molecule has 36 heavy (non-hydrogen) atoms. The number of fused-ring (bicyclic) bond motifs is 1. The number of rotatable bonds is 8. The van der Waals surface area contributed by atoms with Crippen molar-refractivity contribution >= 4 is 22.8 Å². The first-order valence-corrected chi connectivity index (χ1v) is 12.0. The van der Waals surface area contributed by atoms with Gasteiger partial charge in [0.25, 0.3) is 5.91 Å². The summed E-state index contributed by atoms with van der Waals surface area (Å²) >= 11 is 0. The van der Waals surface area contributed by atoms with E-state index in [1.807, 2.05) is 49.4 Å². The lowest BCUT2D eigenvalue weighted by molar-refractivity contribution is 0.102. The van der Waals surface area contributed by atoms with Gasteiger partial charge in [-0.25, -0.2) is 4.98 Å². The number of carbonyl (C=O) groups is 1. The molecule has 0 atom stereocenters. The Morgan fingerprint density at radius 1 is 0.972 bits per heavy atom. The summed E-state index contributed by atoms with van der Waals surface area (Å²) in [7, 11) is 1.51. The van der Waals surface area contributed by atoms with Gasteiger partial charge in [0.1, 0.15) is 11.4 Å². The molecule has 182 valence electrons. The molecular weight excluding hydrogens is 452 g/mol. The van der Waals surface area contributed by atoms with Crippen LogP contribution in [0.4, 0.5) is 5.69 Å². The number of benzene rings is 2. The summed E-state index contributed by atoms with van der Waals surface area (Å²) in [5, 5.41) is 7.12. The number of nitrogens with one attached hydrogen (secondary N) is 1. The molecule has 0 bridgehead atoms. The lowest BCUT2D eigenvalue weighted by atomic mass is 9.90. The van der Waals surface area contributed by atoms with Crippen molar-refractivity contribution in [2.75, 3.05) is 12.4 Å². The molecule has 3 heterocycles. The SMILES string of the molecule is CCn1cc(NC(=O)c2cc3c(nc2OC)nc(C(c2ccccc2)c2ccccc2)n3CC)cn1. The van der Waals surface area contributed by atoms with Crippen LogP contribution in [0.1, 0.15) is 47.1 Å². The topological polar surface area (TPSA) is 86.9 Å². The molecule has 0 saturated carbocycles. The molecule has 8 nitrogen and oxygen atoms in total. The van der Waals surface area contributed by atoms with Crippen LogP contribution in [0.2, 0.25) is 0 Å². The molecule has 5 rings (SSSR count). The van der Waals surface area contributed by atoms with Crippen molar-refractivity contribution in [2.24, 2.45) is 0 Å². The van der Waals surface area contributed by atoms with E-state index in [0.29, 0.717) is 23.4 Å². The van der Waals surface area contributed by atoms with E-state index in [-0.39, 0.29) is 17.7 Å². The molecule has 1 N–H and O–H groups in total. The number of imidazole rings is 1. The highest BCUT2D eigenvalue weighted by molar-refractivity contribution is 6.07. The van der Waals surface area contributed by atoms with Crippen LogP contribution in [0.25, 0.3) is 11.2 Å². The van der Waals surface area contributed by atoms with Crippen LogP contribution in [-0.4, -0.2) is 37.3 Å². The Morgan fingerprint density at radius 3 is 2.19 bits per heavy atom. The summed E-state index contributed by atoms with van der Waals surface area (Å²) in [5.74, 6) is 0.682. The molecule has 0 aliphatic heterocycles. The average molecular weight is 481 g/mol. The zero-order valence-corrected chi connectivity index (χ0v) is 20.5. The van der Waals surface area contributed by atoms with Crippen molar-refractivity contribution < 1.29 is 9.53 Å². The summed E-state index contributed by atoms with van der Waals surface area (Å²) < 4.78 is 9.38. The van der Waals surface area contributed by atoms with Crippen LogP contribution < -0.4 is 10.1 Å². The quantitative estimate of drug-likeness (QED) is 0.334. The normalized spacial score (nSPS) is 11.2. The minimum atomic E-state index is -0.315. The van der Waals surface area contributed by atoms with Crippen molar-refractivity contribution in [2.45, 2.75) is 32.9 Å². The van der Waals surface area contributed by atoms with Gasteiger partial charge in [0.15, 0.2) is 5.65 Å². The molecule has 3 aromatic heterocycles. The third-order valence-corrected chi connectivity index (χ3v) is 6.23. The number of aromatic nitrogens is 5. The Kier molecular flexibility index (Phi) is 6.49. The predicted molar refractivity (Wildman–Crippen MR) is 139 cm³/mol. The van der Waals surface area contributed by atoms with Crippen LogP contribution in [0.5, 0.6) is 5.88 Å². The second-order valence-electron chi connectivity index (χ2n) is 8.40. The van der Waals surface area contributed by atoms with Gasteiger partial charge in [0.2, 0.25) is 5.88 Å². The van der Waals surface area contributed by atoms with E-state index >= 15 is 0 Å². The van der Waals surface area contributed by atoms with E-state index in [4.69, 9.17) is 9.72 Å². The van der Waals surface area contributed by atoms with Gasteiger partial charge in [-0.3, -0.25) is 9.48 Å². The second kappa shape index (κ2) is 10.0. The molecule has 0 saturated heterocycles. The van der Waals surface area contributed by atoms with E-state index in [0.717, 1.165) is 29.0 Å². The third-order valence-electron chi connectivity index (χ3n) is 6.23. The number of hydrogen-bond donors (Lipinski definition) is 1.